The Balaban J connectivity index is 3.90. The first kappa shape index (κ1) is 9.91. The topological polar surface area (TPSA) is 60.2 Å². The highest BCUT2D eigenvalue weighted by molar-refractivity contribution is 7.91. The van der Waals surface area contributed by atoms with Crippen molar-refractivity contribution < 1.29 is 8.42 Å². The van der Waals surface area contributed by atoms with Crippen molar-refractivity contribution in [1.82, 2.24) is 0 Å². The molecule has 3 nitrogen and oxygen atoms in total. The van der Waals surface area contributed by atoms with Crippen LogP contribution in [0.3, 0.4) is 0 Å². The van der Waals surface area contributed by atoms with Crippen LogP contribution in [0, 0.1) is 5.92 Å². The normalized spacial score (nSPS) is 15.1. The number of hydrogen-bond donors (Lipinski definition) is 1. The van der Waals surface area contributed by atoms with Crippen molar-refractivity contribution in [2.75, 3.05) is 18.1 Å². The highest BCUT2D eigenvalue weighted by Gasteiger charge is 2.11. The highest BCUT2D eigenvalue weighted by atomic mass is 32.2. The molecule has 0 saturated heterocycles. The van der Waals surface area contributed by atoms with Gasteiger partial charge in [0.1, 0.15) is 9.84 Å². The molecule has 0 radical (unpaired) electrons. The van der Waals surface area contributed by atoms with E-state index >= 15 is 0 Å². The Labute approximate surface area is 62.5 Å². The van der Waals surface area contributed by atoms with Gasteiger partial charge in [0.05, 0.1) is 5.75 Å². The van der Waals surface area contributed by atoms with Gasteiger partial charge in [0.15, 0.2) is 0 Å². The summed E-state index contributed by atoms with van der Waals surface area (Å²) in [4.78, 5) is 0. The van der Waals surface area contributed by atoms with E-state index in [2.05, 4.69) is 0 Å². The summed E-state index contributed by atoms with van der Waals surface area (Å²) < 4.78 is 21.8. The summed E-state index contributed by atoms with van der Waals surface area (Å²) in [6.45, 7) is 3.94. The molecule has 4 heteroatoms. The number of hydrogen-bond acceptors (Lipinski definition) is 3. The largest absolute Gasteiger partial charge is 0.330 e. The molecule has 0 aromatic carbocycles. The fraction of sp³-hybridized carbons (Fsp3) is 1.00. The molecule has 0 fully saturated rings. The van der Waals surface area contributed by atoms with Crippen molar-refractivity contribution >= 4 is 9.84 Å². The standard InChI is InChI=1S/C6H15NO2S/c1-3-10(8,9)5-6(2)4-7/h6H,3-5,7H2,1-2H3. The van der Waals surface area contributed by atoms with Crippen molar-refractivity contribution in [3.63, 3.8) is 0 Å². The van der Waals surface area contributed by atoms with E-state index in [1.54, 1.807) is 6.92 Å². The van der Waals surface area contributed by atoms with Crippen LogP contribution < -0.4 is 5.73 Å². The Hall–Kier alpha value is -0.0900. The Bertz CT molecular complexity index is 174. The second kappa shape index (κ2) is 3.93. The first-order valence-corrected chi connectivity index (χ1v) is 5.24. The van der Waals surface area contributed by atoms with Gasteiger partial charge in [-0.05, 0) is 12.5 Å². The van der Waals surface area contributed by atoms with Gasteiger partial charge in [-0.15, -0.1) is 0 Å². The van der Waals surface area contributed by atoms with Crippen molar-refractivity contribution in [2.24, 2.45) is 11.7 Å². The van der Waals surface area contributed by atoms with E-state index in [0.29, 0.717) is 6.54 Å². The zero-order valence-corrected chi connectivity index (χ0v) is 7.32. The molecule has 1 atom stereocenters. The molecule has 0 heterocycles. The van der Waals surface area contributed by atoms with Crippen LogP contribution in [0.4, 0.5) is 0 Å². The number of sulfone groups is 1. The molecule has 10 heavy (non-hydrogen) atoms. The smallest absolute Gasteiger partial charge is 0.150 e. The lowest BCUT2D eigenvalue weighted by molar-refractivity contribution is 0.575. The molecule has 0 aliphatic heterocycles. The van der Waals surface area contributed by atoms with E-state index in [-0.39, 0.29) is 17.4 Å². The molecule has 0 amide bonds. The van der Waals surface area contributed by atoms with Crippen molar-refractivity contribution in [2.45, 2.75) is 13.8 Å². The molecule has 0 aliphatic carbocycles. The Morgan fingerprint density at radius 3 is 2.30 bits per heavy atom. The summed E-state index contributed by atoms with van der Waals surface area (Å²) in [5, 5.41) is 0. The van der Waals surface area contributed by atoms with Crippen LogP contribution in [0.2, 0.25) is 0 Å². The van der Waals surface area contributed by atoms with Gasteiger partial charge >= 0.3 is 0 Å². The van der Waals surface area contributed by atoms with Crippen LogP contribution in [0.15, 0.2) is 0 Å². The molecule has 0 rings (SSSR count). The van der Waals surface area contributed by atoms with Crippen LogP contribution in [0.5, 0.6) is 0 Å². The van der Waals surface area contributed by atoms with Crippen molar-refractivity contribution in [1.29, 1.82) is 0 Å². The number of rotatable bonds is 4. The quantitative estimate of drug-likeness (QED) is 0.638. The molecule has 0 aliphatic rings. The first-order chi connectivity index (χ1) is 4.52. The third-order valence-electron chi connectivity index (χ3n) is 1.38. The van der Waals surface area contributed by atoms with Crippen LogP contribution >= 0.6 is 0 Å². The monoisotopic (exact) mass is 165 g/mol. The zero-order valence-electron chi connectivity index (χ0n) is 6.50. The minimum atomic E-state index is -2.81. The maximum absolute atomic E-state index is 10.9. The summed E-state index contributed by atoms with van der Waals surface area (Å²) in [5.74, 6) is 0.530. The van der Waals surface area contributed by atoms with Gasteiger partial charge in [-0.2, -0.15) is 0 Å². The second-order valence-electron chi connectivity index (χ2n) is 2.54. The lowest BCUT2D eigenvalue weighted by Crippen LogP contribution is -2.21. The van der Waals surface area contributed by atoms with Gasteiger partial charge < -0.3 is 5.73 Å². The first-order valence-electron chi connectivity index (χ1n) is 3.42. The van der Waals surface area contributed by atoms with Gasteiger partial charge in [0, 0.05) is 5.75 Å². The van der Waals surface area contributed by atoms with Crippen LogP contribution in [-0.4, -0.2) is 26.5 Å². The second-order valence-corrected chi connectivity index (χ2v) is 4.94. The maximum atomic E-state index is 10.9. The van der Waals surface area contributed by atoms with Gasteiger partial charge in [0.25, 0.3) is 0 Å². The fourth-order valence-corrected chi connectivity index (χ4v) is 1.86. The molecule has 2 N–H and O–H groups in total. The molecule has 1 unspecified atom stereocenters. The molecule has 0 bridgehead atoms. The summed E-state index contributed by atoms with van der Waals surface area (Å²) >= 11 is 0. The molecule has 0 aromatic heterocycles. The Morgan fingerprint density at radius 2 is 2.00 bits per heavy atom. The molecular weight excluding hydrogens is 150 g/mol. The summed E-state index contributed by atoms with van der Waals surface area (Å²) in [7, 11) is -2.81. The van der Waals surface area contributed by atoms with Crippen LogP contribution in [-0.2, 0) is 9.84 Å². The van der Waals surface area contributed by atoms with E-state index in [4.69, 9.17) is 5.73 Å². The minimum Gasteiger partial charge on any atom is -0.330 e. The third-order valence-corrected chi connectivity index (χ3v) is 3.34. The lowest BCUT2D eigenvalue weighted by atomic mass is 10.2. The summed E-state index contributed by atoms with van der Waals surface area (Å²) in [5.41, 5.74) is 5.27. The Morgan fingerprint density at radius 1 is 1.50 bits per heavy atom. The van der Waals surface area contributed by atoms with Crippen LogP contribution in [0.1, 0.15) is 13.8 Å². The summed E-state index contributed by atoms with van der Waals surface area (Å²) in [6.07, 6.45) is 0. The van der Waals surface area contributed by atoms with E-state index in [1.807, 2.05) is 6.92 Å². The zero-order chi connectivity index (χ0) is 8.20. The van der Waals surface area contributed by atoms with Crippen molar-refractivity contribution in [3.05, 3.63) is 0 Å². The molecule has 0 aromatic rings. The van der Waals surface area contributed by atoms with Gasteiger partial charge in [-0.1, -0.05) is 13.8 Å². The van der Waals surface area contributed by atoms with E-state index < -0.39 is 9.84 Å². The Kier molecular flexibility index (Phi) is 3.89. The van der Waals surface area contributed by atoms with Crippen LogP contribution in [0.25, 0.3) is 0 Å². The molecule has 62 valence electrons. The van der Waals surface area contributed by atoms with E-state index in [1.165, 1.54) is 0 Å². The van der Waals surface area contributed by atoms with Gasteiger partial charge in [-0.3, -0.25) is 0 Å². The highest BCUT2D eigenvalue weighted by Crippen LogP contribution is 1.98. The predicted octanol–water partition coefficient (Wildman–Crippen LogP) is 0.0159. The average Bonchev–Trinajstić information content (AvgIpc) is 1.87. The predicted molar refractivity (Wildman–Crippen MR) is 42.5 cm³/mol. The average molecular weight is 165 g/mol. The fourth-order valence-electron chi connectivity index (χ4n) is 0.619. The lowest BCUT2D eigenvalue weighted by Gasteiger charge is -2.06. The third kappa shape index (κ3) is 3.85. The van der Waals surface area contributed by atoms with Gasteiger partial charge in [0.2, 0.25) is 0 Å². The molecule has 0 spiro atoms. The maximum Gasteiger partial charge on any atom is 0.150 e. The SMILES string of the molecule is CCS(=O)(=O)CC(C)CN. The summed E-state index contributed by atoms with van der Waals surface area (Å²) in [6, 6.07) is 0. The van der Waals surface area contributed by atoms with Gasteiger partial charge in [-0.25, -0.2) is 8.42 Å². The minimum absolute atomic E-state index is 0.0879. The van der Waals surface area contributed by atoms with E-state index in [0.717, 1.165) is 0 Å². The van der Waals surface area contributed by atoms with E-state index in [9.17, 15) is 8.42 Å². The van der Waals surface area contributed by atoms with Crippen molar-refractivity contribution in [3.8, 4) is 0 Å². The molecular formula is C6H15NO2S. The number of nitrogens with two attached hydrogens (primary N) is 1. The molecule has 0 saturated carbocycles.